The van der Waals surface area contributed by atoms with Gasteiger partial charge in [0.25, 0.3) is 0 Å². The fraction of sp³-hybridized carbons (Fsp3) is 0.739. The first-order valence-corrected chi connectivity index (χ1v) is 35.3. The Bertz CT molecular complexity index is 3080. The lowest BCUT2D eigenvalue weighted by atomic mass is 9.84. The minimum absolute atomic E-state index is 0.0207. The number of carbonyl (C=O) groups is 12. The van der Waals surface area contributed by atoms with Crippen molar-refractivity contribution in [1.29, 1.82) is 0 Å². The third kappa shape index (κ3) is 17.9. The number of benzene rings is 1. The van der Waals surface area contributed by atoms with Crippen LogP contribution in [0.2, 0.25) is 5.02 Å². The summed E-state index contributed by atoms with van der Waals surface area (Å²) < 4.78 is 41.6. The van der Waals surface area contributed by atoms with Gasteiger partial charge in [-0.1, -0.05) is 96.7 Å². The predicted octanol–water partition coefficient (Wildman–Crippen LogP) is 5.00. The molecule has 97 heavy (non-hydrogen) atoms. The van der Waals surface area contributed by atoms with Crippen molar-refractivity contribution in [3.63, 3.8) is 0 Å². The summed E-state index contributed by atoms with van der Waals surface area (Å²) in [5.74, 6) is -8.80. The zero-order valence-electron chi connectivity index (χ0n) is 58.8. The van der Waals surface area contributed by atoms with Crippen molar-refractivity contribution in [3.8, 4) is 0 Å². The molecule has 4 saturated heterocycles. The van der Waals surface area contributed by atoms with E-state index in [-0.39, 0.29) is 64.0 Å². The molecule has 1 aromatic rings. The van der Waals surface area contributed by atoms with Crippen LogP contribution in [-0.2, 0) is 70.1 Å². The van der Waals surface area contributed by atoms with Gasteiger partial charge in [0.1, 0.15) is 59.9 Å². The van der Waals surface area contributed by atoms with Gasteiger partial charge in [-0.3, -0.25) is 57.5 Å². The molecule has 4 heterocycles. The number of nitrogens with one attached hydrogen (secondary N) is 3. The normalized spacial score (nSPS) is 28.2. The molecule has 0 unspecified atom stereocenters. The van der Waals surface area contributed by atoms with Crippen LogP contribution in [0, 0.1) is 17.8 Å². The molecular weight excluding hydrogens is 1280 g/mol. The zero-order valence-corrected chi connectivity index (χ0v) is 59.5. The van der Waals surface area contributed by atoms with Crippen molar-refractivity contribution in [3.05, 3.63) is 34.3 Å². The van der Waals surface area contributed by atoms with Crippen LogP contribution in [-0.4, -0.2) is 250 Å². The number of likely N-dealkylation sites (tertiary alicyclic amines) is 1. The Balaban J connectivity index is 1.27. The van der Waals surface area contributed by atoms with E-state index in [4.69, 9.17) is 11.6 Å². The summed E-state index contributed by atoms with van der Waals surface area (Å²) >= 11 is 6.16. The van der Waals surface area contributed by atoms with Crippen molar-refractivity contribution >= 4 is 82.5 Å². The molecule has 3 N–H and O–H groups in total. The Labute approximate surface area is 574 Å². The average Bonchev–Trinajstić information content (AvgIpc) is 1.75. The van der Waals surface area contributed by atoms with Crippen LogP contribution in [0.4, 0.5) is 13.2 Å². The van der Waals surface area contributed by atoms with Gasteiger partial charge >= 0.3 is 6.18 Å². The van der Waals surface area contributed by atoms with Crippen LogP contribution < -0.4 is 16.0 Å². The molecule has 4 aliphatic heterocycles. The molecule has 0 radical (unpaired) electrons. The van der Waals surface area contributed by atoms with Gasteiger partial charge in [-0.25, -0.2) is 0 Å². The first-order valence-electron chi connectivity index (χ1n) is 34.9. The number of hydrogen-bond acceptors (Lipinski definition) is 12. The van der Waals surface area contributed by atoms with Crippen LogP contribution in [0.3, 0.4) is 0 Å². The molecule has 0 aromatic heterocycles. The van der Waals surface area contributed by atoms with Crippen LogP contribution in [0.1, 0.15) is 175 Å². The van der Waals surface area contributed by atoms with Crippen molar-refractivity contribution in [2.45, 2.75) is 236 Å². The van der Waals surface area contributed by atoms with E-state index in [1.54, 1.807) is 25.7 Å². The fourth-order valence-electron chi connectivity index (χ4n) is 14.8. The highest BCUT2D eigenvalue weighted by Gasteiger charge is 2.51. The van der Waals surface area contributed by atoms with Crippen LogP contribution in [0.15, 0.2) is 18.2 Å². The van der Waals surface area contributed by atoms with E-state index in [0.717, 1.165) is 55.6 Å². The first-order chi connectivity index (χ1) is 45.6. The predicted molar refractivity (Wildman–Crippen MR) is 355 cm³/mol. The Morgan fingerprint density at radius 1 is 0.629 bits per heavy atom. The zero-order chi connectivity index (χ0) is 71.7. The quantitative estimate of drug-likeness (QED) is 0.295. The van der Waals surface area contributed by atoms with Crippen molar-refractivity contribution in [2.75, 3.05) is 75.0 Å². The molecule has 12 amide bonds. The minimum atomic E-state index is -4.76. The number of hydrogen-bond donors (Lipinski definition) is 3. The SMILES string of the molecule is CC[C@H](C)[C@@H]1NC(=O)[C@H](C)N(C)C(=O)C[C@@H](C(=O)N2CCCCC2)N(C)C(=O)[C@H](C(C)C)N(C)C(=O)C2(CCCC2)NC(=O)[C@@H]2CCCN2C(=O)[C@H](CCc2ccc(C(F)(F)F)c(Cl)c2)NC(=O)[C@@H](C)N(C)C(=O)[C@H](CC2CCCCC2)N(C)C(=O)[C@@H]2CCN2C(=O)CN(C)C1=O. The maximum Gasteiger partial charge on any atom is 0.417 e. The summed E-state index contributed by atoms with van der Waals surface area (Å²) in [6.45, 7) is 10.4. The topological polar surface area (TPSA) is 270 Å². The highest BCUT2D eigenvalue weighted by molar-refractivity contribution is 6.31. The van der Waals surface area contributed by atoms with E-state index in [2.05, 4.69) is 16.0 Å². The second-order valence-corrected chi connectivity index (χ2v) is 28.9. The van der Waals surface area contributed by atoms with E-state index in [1.807, 2.05) is 6.92 Å². The molecule has 6 fully saturated rings. The summed E-state index contributed by atoms with van der Waals surface area (Å²) in [5.41, 5.74) is -2.35. The smallest absolute Gasteiger partial charge is 0.343 e. The highest BCUT2D eigenvalue weighted by atomic mass is 35.5. The van der Waals surface area contributed by atoms with Crippen LogP contribution >= 0.6 is 11.6 Å². The summed E-state index contributed by atoms with van der Waals surface area (Å²) in [6.07, 6.45) is 3.63. The molecule has 2 saturated carbocycles. The maximum atomic E-state index is 15.4. The Morgan fingerprint density at radius 2 is 1.25 bits per heavy atom. The van der Waals surface area contributed by atoms with Crippen molar-refractivity contribution in [2.24, 2.45) is 17.8 Å². The summed E-state index contributed by atoms with van der Waals surface area (Å²) in [5, 5.41) is 8.07. The lowest BCUT2D eigenvalue weighted by Crippen LogP contribution is -2.65. The number of carbonyl (C=O) groups excluding carboxylic acids is 12. The molecule has 6 aliphatic rings. The fourth-order valence-corrected chi connectivity index (χ4v) is 15.1. The van der Waals surface area contributed by atoms with E-state index in [0.29, 0.717) is 57.2 Å². The second kappa shape index (κ2) is 33.2. The molecule has 10 atom stereocenters. The number of aryl methyl sites for hydroxylation is 1. The lowest BCUT2D eigenvalue weighted by molar-refractivity contribution is -0.158. The van der Waals surface area contributed by atoms with Gasteiger partial charge in [0.2, 0.25) is 70.9 Å². The average molecular weight is 1390 g/mol. The summed E-state index contributed by atoms with van der Waals surface area (Å²) in [7, 11) is 8.50. The number of alkyl halides is 3. The van der Waals surface area contributed by atoms with Crippen LogP contribution in [0.5, 0.6) is 0 Å². The molecule has 7 rings (SSSR count). The lowest BCUT2D eigenvalue weighted by Gasteiger charge is -2.44. The van der Waals surface area contributed by atoms with E-state index < -0.39 is 172 Å². The molecule has 0 bridgehead atoms. The monoisotopic (exact) mass is 1380 g/mol. The molecule has 540 valence electrons. The van der Waals surface area contributed by atoms with Crippen LogP contribution in [0.25, 0.3) is 0 Å². The van der Waals surface area contributed by atoms with Gasteiger partial charge in [-0.15, -0.1) is 0 Å². The first kappa shape index (κ1) is 77.3. The summed E-state index contributed by atoms with van der Waals surface area (Å²) in [6, 6.07) is -7.99. The summed E-state index contributed by atoms with van der Waals surface area (Å²) in [4.78, 5) is 189. The Hall–Kier alpha value is -7.06. The van der Waals surface area contributed by atoms with Gasteiger partial charge in [0.05, 0.1) is 23.6 Å². The van der Waals surface area contributed by atoms with Gasteiger partial charge in [-0.2, -0.15) is 13.2 Å². The minimum Gasteiger partial charge on any atom is -0.343 e. The second-order valence-electron chi connectivity index (χ2n) is 28.5. The third-order valence-corrected chi connectivity index (χ3v) is 22.0. The number of fused-ring (bicyclic) bond motifs is 2. The number of likely N-dealkylation sites (N-methyl/N-ethyl adjacent to an activating group) is 6. The Kier molecular flexibility index (Phi) is 26.5. The Morgan fingerprint density at radius 3 is 1.84 bits per heavy atom. The number of nitrogens with zero attached hydrogens (tertiary/aromatic N) is 9. The molecule has 28 heteroatoms. The van der Waals surface area contributed by atoms with Gasteiger partial charge in [0, 0.05) is 68.5 Å². The molecule has 24 nitrogen and oxygen atoms in total. The largest absolute Gasteiger partial charge is 0.417 e. The third-order valence-electron chi connectivity index (χ3n) is 21.7. The van der Waals surface area contributed by atoms with Crippen molar-refractivity contribution < 1.29 is 70.7 Å². The molecule has 1 aromatic carbocycles. The van der Waals surface area contributed by atoms with Crippen molar-refractivity contribution in [1.82, 2.24) is 60.0 Å². The van der Waals surface area contributed by atoms with E-state index in [1.165, 1.54) is 96.5 Å². The number of halogens is 4. The van der Waals surface area contributed by atoms with Gasteiger partial charge in [0.15, 0.2) is 0 Å². The highest BCUT2D eigenvalue weighted by Crippen LogP contribution is 2.37. The van der Waals surface area contributed by atoms with E-state index in [9.17, 15) is 46.7 Å². The maximum absolute atomic E-state index is 15.4. The standard InChI is InChI=1S/C69H104ClF3N12O12/c1-13-42(4)56-65(95)77(7)40-55(87)84-36-30-51(84)62(92)80(10)52(38-45-23-16-14-17-24-45)63(93)79(9)44(6)58(88)74-49(29-27-46-26-28-47(48(70)37-46)69(71,72)73)61(91)85-35-22-25-50(85)60(90)76-68(31-18-19-32-68)67(97)82(12)57(41(2)3)66(96)81(11)53(64(94)83-33-20-15-21-34-83)39-54(86)78(8)43(5)59(89)75-56/h26,28,37,41-45,49-53,56-57H,13-25,27,29-36,38-40H2,1-12H3,(H,74,88)(H,75,89)(H,76,90)/t42-,43-,44+,49-,50-,51-,52-,53-,56-,57-/m0/s1. The van der Waals surface area contributed by atoms with Gasteiger partial charge < -0.3 is 60.0 Å². The number of piperidine rings is 1. The molecular formula is C69H104ClF3N12O12. The number of amides is 12. The van der Waals surface area contributed by atoms with E-state index >= 15 is 24.0 Å². The number of rotatable bonds is 9. The van der Waals surface area contributed by atoms with Gasteiger partial charge in [-0.05, 0) is 120 Å². The molecule has 1 spiro atoms. The molecule has 2 aliphatic carbocycles.